The summed E-state index contributed by atoms with van der Waals surface area (Å²) >= 11 is 0. The molecule has 1 aromatic rings. The molecule has 4 nitrogen and oxygen atoms in total. The first-order chi connectivity index (χ1) is 10.2. The number of amides is 1. The van der Waals surface area contributed by atoms with E-state index in [-0.39, 0.29) is 5.91 Å². The second-order valence-electron chi connectivity index (χ2n) is 5.20. The molecule has 0 unspecified atom stereocenters. The summed E-state index contributed by atoms with van der Waals surface area (Å²) in [5, 5.41) is 2.98. The molecule has 3 N–H and O–H groups in total. The second-order valence-corrected chi connectivity index (χ2v) is 5.20. The highest BCUT2D eigenvalue weighted by Gasteiger charge is 2.27. The van der Waals surface area contributed by atoms with Crippen molar-refractivity contribution in [3.63, 3.8) is 0 Å². The lowest BCUT2D eigenvalue weighted by Crippen LogP contribution is -2.36. The summed E-state index contributed by atoms with van der Waals surface area (Å²) in [7, 11) is 0. The Balaban J connectivity index is 1.85. The minimum Gasteiger partial charge on any atom is -0.351 e. The molecule has 1 aliphatic carbocycles. The molecule has 1 fully saturated rings. The van der Waals surface area contributed by atoms with Gasteiger partial charge in [-0.3, -0.25) is 9.69 Å². The Kier molecular flexibility index (Phi) is 5.79. The van der Waals surface area contributed by atoms with Gasteiger partial charge in [-0.05, 0) is 37.6 Å². The molecule has 112 valence electrons. The number of hydrogen-bond donors (Lipinski definition) is 2. The van der Waals surface area contributed by atoms with Crippen molar-refractivity contribution < 1.29 is 4.79 Å². The Hall–Kier alpha value is -1.83. The minimum absolute atomic E-state index is 0.0433. The SMILES string of the molecule is CCN(CCNC(=O)c1cccc(C#CCN)c1)C1CC1. The van der Waals surface area contributed by atoms with Crippen LogP contribution in [0.15, 0.2) is 24.3 Å². The number of hydrogen-bond acceptors (Lipinski definition) is 3. The van der Waals surface area contributed by atoms with E-state index >= 15 is 0 Å². The van der Waals surface area contributed by atoms with Crippen LogP contribution >= 0.6 is 0 Å². The van der Waals surface area contributed by atoms with E-state index < -0.39 is 0 Å². The first-order valence-electron chi connectivity index (χ1n) is 7.56. The summed E-state index contributed by atoms with van der Waals surface area (Å²) in [6, 6.07) is 8.07. The molecule has 0 radical (unpaired) electrons. The Morgan fingerprint density at radius 2 is 2.29 bits per heavy atom. The molecule has 21 heavy (non-hydrogen) atoms. The molecule has 0 aromatic heterocycles. The van der Waals surface area contributed by atoms with Crippen LogP contribution in [0, 0.1) is 11.8 Å². The van der Waals surface area contributed by atoms with Crippen molar-refractivity contribution in [2.24, 2.45) is 5.73 Å². The standard InChI is InChI=1S/C17H23N3O/c1-2-20(16-8-9-16)12-11-19-17(21)15-7-3-5-14(13-15)6-4-10-18/h3,5,7,13,16H,2,8-12,18H2,1H3,(H,19,21). The van der Waals surface area contributed by atoms with E-state index in [0.717, 1.165) is 24.7 Å². The van der Waals surface area contributed by atoms with Gasteiger partial charge >= 0.3 is 0 Å². The van der Waals surface area contributed by atoms with E-state index in [1.807, 2.05) is 12.1 Å². The second kappa shape index (κ2) is 7.82. The van der Waals surface area contributed by atoms with Gasteiger partial charge in [0.2, 0.25) is 0 Å². The number of benzene rings is 1. The average molecular weight is 285 g/mol. The third kappa shape index (κ3) is 4.89. The van der Waals surface area contributed by atoms with Crippen LogP contribution in [0.4, 0.5) is 0 Å². The van der Waals surface area contributed by atoms with Crippen molar-refractivity contribution in [2.45, 2.75) is 25.8 Å². The third-order valence-corrected chi connectivity index (χ3v) is 3.61. The average Bonchev–Trinajstić information content (AvgIpc) is 3.34. The molecule has 0 aliphatic heterocycles. The van der Waals surface area contributed by atoms with Crippen LogP contribution < -0.4 is 11.1 Å². The number of carbonyl (C=O) groups excluding carboxylic acids is 1. The summed E-state index contributed by atoms with van der Waals surface area (Å²) in [4.78, 5) is 14.5. The third-order valence-electron chi connectivity index (χ3n) is 3.61. The molecule has 0 bridgehead atoms. The monoisotopic (exact) mass is 285 g/mol. The van der Waals surface area contributed by atoms with Crippen molar-refractivity contribution in [1.29, 1.82) is 0 Å². The molecular weight excluding hydrogens is 262 g/mol. The van der Waals surface area contributed by atoms with E-state index in [0.29, 0.717) is 18.7 Å². The number of nitrogens with two attached hydrogens (primary N) is 1. The maximum absolute atomic E-state index is 12.1. The van der Waals surface area contributed by atoms with Gasteiger partial charge in [0.15, 0.2) is 0 Å². The van der Waals surface area contributed by atoms with Gasteiger partial charge in [-0.2, -0.15) is 0 Å². The predicted octanol–water partition coefficient (Wildman–Crippen LogP) is 1.21. The Morgan fingerprint density at radius 1 is 1.48 bits per heavy atom. The maximum atomic E-state index is 12.1. The summed E-state index contributed by atoms with van der Waals surface area (Å²) in [6.07, 6.45) is 2.59. The normalized spacial score (nSPS) is 13.7. The highest BCUT2D eigenvalue weighted by molar-refractivity contribution is 5.94. The van der Waals surface area contributed by atoms with E-state index in [1.54, 1.807) is 12.1 Å². The molecule has 2 rings (SSSR count). The fourth-order valence-corrected chi connectivity index (χ4v) is 2.34. The van der Waals surface area contributed by atoms with Crippen LogP contribution in [-0.2, 0) is 0 Å². The molecule has 4 heteroatoms. The van der Waals surface area contributed by atoms with Gasteiger partial charge in [0.05, 0.1) is 6.54 Å². The van der Waals surface area contributed by atoms with Gasteiger partial charge < -0.3 is 11.1 Å². The number of nitrogens with one attached hydrogen (secondary N) is 1. The van der Waals surface area contributed by atoms with Gasteiger partial charge in [-0.15, -0.1) is 0 Å². The lowest BCUT2D eigenvalue weighted by atomic mass is 10.1. The fraction of sp³-hybridized carbons (Fsp3) is 0.471. The van der Waals surface area contributed by atoms with Crippen LogP contribution in [0.2, 0.25) is 0 Å². The molecule has 0 heterocycles. The highest BCUT2D eigenvalue weighted by atomic mass is 16.1. The molecule has 1 saturated carbocycles. The van der Waals surface area contributed by atoms with E-state index in [2.05, 4.69) is 29.0 Å². The first kappa shape index (κ1) is 15.6. The predicted molar refractivity (Wildman–Crippen MR) is 85.0 cm³/mol. The molecule has 0 saturated heterocycles. The van der Waals surface area contributed by atoms with Crippen molar-refractivity contribution in [3.05, 3.63) is 35.4 Å². The van der Waals surface area contributed by atoms with Crippen molar-refractivity contribution in [1.82, 2.24) is 10.2 Å². The van der Waals surface area contributed by atoms with Crippen LogP contribution in [0.25, 0.3) is 0 Å². The lowest BCUT2D eigenvalue weighted by molar-refractivity contribution is 0.0948. The zero-order chi connectivity index (χ0) is 15.1. The zero-order valence-corrected chi connectivity index (χ0v) is 12.6. The molecule has 0 atom stereocenters. The Morgan fingerprint density at radius 3 is 2.95 bits per heavy atom. The topological polar surface area (TPSA) is 58.4 Å². The molecule has 1 aromatic carbocycles. The van der Waals surface area contributed by atoms with Crippen molar-refractivity contribution in [3.8, 4) is 11.8 Å². The van der Waals surface area contributed by atoms with Crippen LogP contribution in [-0.4, -0.2) is 43.0 Å². The van der Waals surface area contributed by atoms with E-state index in [9.17, 15) is 4.79 Å². The van der Waals surface area contributed by atoms with Gasteiger partial charge in [0, 0.05) is 30.3 Å². The smallest absolute Gasteiger partial charge is 0.251 e. The van der Waals surface area contributed by atoms with Gasteiger partial charge in [-0.25, -0.2) is 0 Å². The van der Waals surface area contributed by atoms with Crippen LogP contribution in [0.5, 0.6) is 0 Å². The number of carbonyl (C=O) groups is 1. The summed E-state index contributed by atoms with van der Waals surface area (Å²) in [5.74, 6) is 5.69. The number of likely N-dealkylation sites (N-methyl/N-ethyl adjacent to an activating group) is 1. The Bertz CT molecular complexity index is 540. The molecular formula is C17H23N3O. The van der Waals surface area contributed by atoms with Gasteiger partial charge in [-0.1, -0.05) is 24.8 Å². The van der Waals surface area contributed by atoms with Gasteiger partial charge in [0.1, 0.15) is 0 Å². The summed E-state index contributed by atoms with van der Waals surface area (Å²) in [6.45, 7) is 5.14. The summed E-state index contributed by atoms with van der Waals surface area (Å²) < 4.78 is 0. The number of rotatable bonds is 6. The fourth-order valence-electron chi connectivity index (χ4n) is 2.34. The molecule has 1 amide bonds. The van der Waals surface area contributed by atoms with Crippen molar-refractivity contribution >= 4 is 5.91 Å². The van der Waals surface area contributed by atoms with Crippen LogP contribution in [0.3, 0.4) is 0 Å². The highest BCUT2D eigenvalue weighted by Crippen LogP contribution is 2.25. The van der Waals surface area contributed by atoms with Crippen molar-refractivity contribution in [2.75, 3.05) is 26.2 Å². The van der Waals surface area contributed by atoms with E-state index in [1.165, 1.54) is 12.8 Å². The number of nitrogens with zero attached hydrogens (tertiary/aromatic N) is 1. The van der Waals surface area contributed by atoms with Crippen LogP contribution in [0.1, 0.15) is 35.7 Å². The minimum atomic E-state index is -0.0433. The largest absolute Gasteiger partial charge is 0.351 e. The Labute approximate surface area is 126 Å². The lowest BCUT2D eigenvalue weighted by Gasteiger charge is -2.19. The van der Waals surface area contributed by atoms with E-state index in [4.69, 9.17) is 5.73 Å². The maximum Gasteiger partial charge on any atom is 0.251 e. The summed E-state index contributed by atoms with van der Waals surface area (Å²) in [5.41, 5.74) is 6.82. The van der Waals surface area contributed by atoms with Gasteiger partial charge in [0.25, 0.3) is 5.91 Å². The zero-order valence-electron chi connectivity index (χ0n) is 12.6. The molecule has 1 aliphatic rings. The first-order valence-corrected chi connectivity index (χ1v) is 7.56. The molecule has 0 spiro atoms. The quantitative estimate of drug-likeness (QED) is 0.773.